The highest BCUT2D eigenvalue weighted by Crippen LogP contribution is 2.40. The van der Waals surface area contributed by atoms with Crippen LogP contribution in [0.25, 0.3) is 101 Å². The van der Waals surface area contributed by atoms with E-state index >= 15 is 0 Å². The predicted molar refractivity (Wildman–Crippen MR) is 244 cm³/mol. The van der Waals surface area contributed by atoms with Crippen molar-refractivity contribution in [2.24, 2.45) is 0 Å². The molecule has 0 saturated heterocycles. The van der Waals surface area contributed by atoms with E-state index in [0.717, 1.165) is 55.3 Å². The minimum absolute atomic E-state index is 0.449. The van der Waals surface area contributed by atoms with E-state index < -0.39 is 0 Å². The number of hydrogen-bond acceptors (Lipinski definition) is 8. The Morgan fingerprint density at radius 3 is 0.871 bits per heavy atom. The molecule has 0 fully saturated rings. The van der Waals surface area contributed by atoms with Gasteiger partial charge in [0.1, 0.15) is 0 Å². The number of nitriles is 2. The molecular weight excluding hydrogens is 761 g/mol. The predicted octanol–water partition coefficient (Wildman–Crippen LogP) is 12.3. The monoisotopic (exact) mass is 792 g/mol. The summed E-state index contributed by atoms with van der Waals surface area (Å²) in [7, 11) is 0. The minimum Gasteiger partial charge on any atom is -0.208 e. The van der Waals surface area contributed by atoms with E-state index in [2.05, 4.69) is 36.4 Å². The molecule has 2 aromatic heterocycles. The van der Waals surface area contributed by atoms with Crippen molar-refractivity contribution in [1.82, 2.24) is 29.9 Å². The second-order valence-corrected chi connectivity index (χ2v) is 14.6. The minimum atomic E-state index is 0.449. The average Bonchev–Trinajstić information content (AvgIpc) is 3.36. The van der Waals surface area contributed by atoms with Crippen LogP contribution in [0.5, 0.6) is 0 Å². The molecule has 0 spiro atoms. The molecule has 10 rings (SSSR count). The van der Waals surface area contributed by atoms with Crippen LogP contribution in [0, 0.1) is 22.7 Å². The first-order chi connectivity index (χ1) is 30.6. The number of hydrogen-bond donors (Lipinski definition) is 0. The van der Waals surface area contributed by atoms with Gasteiger partial charge in [-0.05, 0) is 69.4 Å². The Kier molecular flexibility index (Phi) is 9.83. The Balaban J connectivity index is 1.14. The maximum atomic E-state index is 10.4. The lowest BCUT2D eigenvalue weighted by Gasteiger charge is -2.15. The Morgan fingerprint density at radius 1 is 0.274 bits per heavy atom. The van der Waals surface area contributed by atoms with Gasteiger partial charge in [0, 0.05) is 33.4 Å². The molecule has 288 valence electrons. The zero-order valence-electron chi connectivity index (χ0n) is 33.1. The molecule has 8 heteroatoms. The smallest absolute Gasteiger partial charge is 0.164 e. The number of rotatable bonds is 8. The van der Waals surface area contributed by atoms with Crippen LogP contribution in [0.15, 0.2) is 194 Å². The molecule has 0 amide bonds. The highest BCUT2D eigenvalue weighted by molar-refractivity contribution is 6.07. The molecule has 0 unspecified atom stereocenters. The van der Waals surface area contributed by atoms with Crippen molar-refractivity contribution in [1.29, 1.82) is 10.5 Å². The van der Waals surface area contributed by atoms with E-state index in [0.29, 0.717) is 57.2 Å². The summed E-state index contributed by atoms with van der Waals surface area (Å²) in [5.74, 6) is 3.02. The van der Waals surface area contributed by atoms with Gasteiger partial charge in [-0.15, -0.1) is 0 Å². The van der Waals surface area contributed by atoms with Crippen molar-refractivity contribution < 1.29 is 0 Å². The van der Waals surface area contributed by atoms with Crippen LogP contribution in [0.1, 0.15) is 11.1 Å². The van der Waals surface area contributed by atoms with Gasteiger partial charge < -0.3 is 0 Å². The second kappa shape index (κ2) is 16.3. The van der Waals surface area contributed by atoms with Gasteiger partial charge in [0.2, 0.25) is 0 Å². The van der Waals surface area contributed by atoms with Crippen molar-refractivity contribution in [3.8, 4) is 103 Å². The first-order valence-corrected chi connectivity index (χ1v) is 20.0. The summed E-state index contributed by atoms with van der Waals surface area (Å²) in [6.07, 6.45) is 0. The van der Waals surface area contributed by atoms with E-state index in [4.69, 9.17) is 29.9 Å². The molecule has 0 atom stereocenters. The van der Waals surface area contributed by atoms with Crippen molar-refractivity contribution in [2.45, 2.75) is 0 Å². The third kappa shape index (κ3) is 7.44. The Bertz CT molecular complexity index is 3020. The summed E-state index contributed by atoms with van der Waals surface area (Å²) in [5.41, 5.74) is 9.12. The summed E-state index contributed by atoms with van der Waals surface area (Å²) < 4.78 is 0. The van der Waals surface area contributed by atoms with Crippen LogP contribution in [0.3, 0.4) is 0 Å². The maximum Gasteiger partial charge on any atom is 0.164 e. The molecule has 8 nitrogen and oxygen atoms in total. The van der Waals surface area contributed by atoms with Gasteiger partial charge in [0.25, 0.3) is 0 Å². The fourth-order valence-electron chi connectivity index (χ4n) is 7.65. The van der Waals surface area contributed by atoms with E-state index in [1.165, 1.54) is 0 Å². The SMILES string of the molecule is N#Cc1cc(-c2nc(-c3ccccc3)nc(-c3ccccc3)n2)cc(-c2cccc3cccc(-c4cc(C#N)cc(-c5nc(-c6ccccc6)nc(-c6ccccc6)n5)c4)c23)c1. The molecule has 0 aliphatic rings. The summed E-state index contributed by atoms with van der Waals surface area (Å²) in [6.45, 7) is 0. The van der Waals surface area contributed by atoms with Crippen LogP contribution >= 0.6 is 0 Å². The lowest BCUT2D eigenvalue weighted by Crippen LogP contribution is -2.01. The lowest BCUT2D eigenvalue weighted by molar-refractivity contribution is 1.07. The summed E-state index contributed by atoms with van der Waals surface area (Å²) in [6, 6.07) is 67.8. The van der Waals surface area contributed by atoms with Crippen molar-refractivity contribution >= 4 is 10.8 Å². The van der Waals surface area contributed by atoms with E-state index in [1.807, 2.05) is 170 Å². The van der Waals surface area contributed by atoms with Gasteiger partial charge in [0.05, 0.1) is 23.3 Å². The van der Waals surface area contributed by atoms with Gasteiger partial charge in [0.15, 0.2) is 34.9 Å². The standard InChI is InChI=1S/C54H32N8/c55-33-35-27-42(31-44(29-35)53-59-49(38-15-5-1-6-16-38)57-50(60-53)39-17-7-2-8-18-39)46-25-13-23-37-24-14-26-47(48(37)46)43-28-36(34-56)30-45(32-43)54-61-51(40-19-9-3-10-20-40)58-52(62-54)41-21-11-4-12-22-41/h1-32H. The molecule has 0 aliphatic carbocycles. The normalized spacial score (nSPS) is 10.9. The van der Waals surface area contributed by atoms with Crippen molar-refractivity contribution in [3.63, 3.8) is 0 Å². The van der Waals surface area contributed by atoms with Crippen molar-refractivity contribution in [2.75, 3.05) is 0 Å². The van der Waals surface area contributed by atoms with E-state index in [1.54, 1.807) is 0 Å². The quantitative estimate of drug-likeness (QED) is 0.149. The zero-order valence-corrected chi connectivity index (χ0v) is 33.1. The lowest BCUT2D eigenvalue weighted by atomic mass is 9.89. The Hall–Kier alpha value is -8.98. The van der Waals surface area contributed by atoms with Crippen LogP contribution in [-0.4, -0.2) is 29.9 Å². The molecule has 2 heterocycles. The highest BCUT2D eigenvalue weighted by Gasteiger charge is 2.19. The van der Waals surface area contributed by atoms with Gasteiger partial charge in [-0.1, -0.05) is 158 Å². The summed E-state index contributed by atoms with van der Waals surface area (Å²) in [4.78, 5) is 29.6. The summed E-state index contributed by atoms with van der Waals surface area (Å²) >= 11 is 0. The zero-order chi connectivity index (χ0) is 41.8. The average molecular weight is 793 g/mol. The number of nitrogens with zero attached hydrogens (tertiary/aromatic N) is 8. The fraction of sp³-hybridized carbons (Fsp3) is 0. The molecule has 8 aromatic carbocycles. The molecular formula is C54H32N8. The molecule has 0 aliphatic heterocycles. The van der Waals surface area contributed by atoms with E-state index in [9.17, 15) is 10.5 Å². The fourth-order valence-corrected chi connectivity index (χ4v) is 7.65. The largest absolute Gasteiger partial charge is 0.208 e. The van der Waals surface area contributed by atoms with Crippen LogP contribution < -0.4 is 0 Å². The van der Waals surface area contributed by atoms with Crippen molar-refractivity contribution in [3.05, 3.63) is 205 Å². The summed E-state index contributed by atoms with van der Waals surface area (Å²) in [5, 5.41) is 22.8. The molecule has 0 saturated carbocycles. The maximum absolute atomic E-state index is 10.4. The van der Waals surface area contributed by atoms with Crippen LogP contribution in [0.2, 0.25) is 0 Å². The second-order valence-electron chi connectivity index (χ2n) is 14.6. The van der Waals surface area contributed by atoms with Gasteiger partial charge >= 0.3 is 0 Å². The number of aromatic nitrogens is 6. The first kappa shape index (κ1) is 37.3. The molecule has 62 heavy (non-hydrogen) atoms. The Labute approximate surface area is 357 Å². The molecule has 0 bridgehead atoms. The number of benzene rings is 8. The molecule has 10 aromatic rings. The third-order valence-corrected chi connectivity index (χ3v) is 10.6. The van der Waals surface area contributed by atoms with Crippen LogP contribution in [-0.2, 0) is 0 Å². The number of fused-ring (bicyclic) bond motifs is 1. The van der Waals surface area contributed by atoms with Gasteiger partial charge in [-0.2, -0.15) is 10.5 Å². The van der Waals surface area contributed by atoms with E-state index in [-0.39, 0.29) is 0 Å². The molecule has 0 radical (unpaired) electrons. The first-order valence-electron chi connectivity index (χ1n) is 20.0. The third-order valence-electron chi connectivity index (χ3n) is 10.6. The Morgan fingerprint density at radius 2 is 0.565 bits per heavy atom. The van der Waals surface area contributed by atoms with Crippen LogP contribution in [0.4, 0.5) is 0 Å². The van der Waals surface area contributed by atoms with Gasteiger partial charge in [-0.3, -0.25) is 0 Å². The topological polar surface area (TPSA) is 125 Å². The molecule has 0 N–H and O–H groups in total. The van der Waals surface area contributed by atoms with Gasteiger partial charge in [-0.25, -0.2) is 29.9 Å². The highest BCUT2D eigenvalue weighted by atomic mass is 15.0.